The van der Waals surface area contributed by atoms with Crippen molar-refractivity contribution in [1.82, 2.24) is 9.78 Å². The molecule has 0 aliphatic carbocycles. The molecule has 0 aliphatic rings. The number of hydrogen-bond donors (Lipinski definition) is 1. The molecule has 0 fully saturated rings. The zero-order chi connectivity index (χ0) is 17.8. The zero-order valence-electron chi connectivity index (χ0n) is 14.0. The molecule has 0 saturated carbocycles. The molecule has 1 N–H and O–H groups in total. The second-order valence-corrected chi connectivity index (χ2v) is 6.88. The maximum Gasteiger partial charge on any atom is 0.235 e. The van der Waals surface area contributed by atoms with Crippen molar-refractivity contribution < 1.29 is 4.79 Å². The number of carbonyl (C=O) groups is 1. The fourth-order valence-corrected chi connectivity index (χ4v) is 3.44. The zero-order valence-corrected chi connectivity index (χ0v) is 14.8. The Morgan fingerprint density at radius 3 is 2.54 bits per heavy atom. The number of aromatic nitrogens is 2. The van der Waals surface area contributed by atoms with Crippen LogP contribution in [0.3, 0.4) is 0 Å². The maximum absolute atomic E-state index is 12.2. The fraction of sp³-hybridized carbons (Fsp3) is 0.0476. The van der Waals surface area contributed by atoms with Crippen LogP contribution in [-0.2, 0) is 4.79 Å². The van der Waals surface area contributed by atoms with Crippen LogP contribution in [0.1, 0.15) is 0 Å². The number of rotatable bonds is 5. The molecule has 0 spiro atoms. The number of nitrogens with one attached hydrogen (secondary N) is 1. The lowest BCUT2D eigenvalue weighted by molar-refractivity contribution is -0.113. The molecule has 0 unspecified atom stereocenters. The van der Waals surface area contributed by atoms with Gasteiger partial charge in [-0.25, -0.2) is 4.68 Å². The van der Waals surface area contributed by atoms with E-state index in [1.165, 1.54) is 22.5 Å². The van der Waals surface area contributed by atoms with E-state index in [2.05, 4.69) is 34.7 Å². The number of carbonyl (C=O) groups excluding carboxylic acids is 1. The van der Waals surface area contributed by atoms with Crippen LogP contribution < -0.4 is 5.32 Å². The number of hydrogen-bond acceptors (Lipinski definition) is 3. The summed E-state index contributed by atoms with van der Waals surface area (Å²) in [5.74, 6) is 0.829. The lowest BCUT2D eigenvalue weighted by Crippen LogP contribution is -2.14. The predicted octanol–water partition coefficient (Wildman–Crippen LogP) is 4.76. The topological polar surface area (TPSA) is 46.9 Å². The summed E-state index contributed by atoms with van der Waals surface area (Å²) in [4.78, 5) is 13.3. The molecule has 5 heteroatoms. The maximum atomic E-state index is 12.2. The first-order valence-corrected chi connectivity index (χ1v) is 9.29. The van der Waals surface area contributed by atoms with Crippen molar-refractivity contribution in [2.45, 2.75) is 4.90 Å². The molecule has 4 aromatic rings. The van der Waals surface area contributed by atoms with Gasteiger partial charge in [0.2, 0.25) is 5.91 Å². The van der Waals surface area contributed by atoms with Gasteiger partial charge >= 0.3 is 0 Å². The van der Waals surface area contributed by atoms with Gasteiger partial charge in [0.25, 0.3) is 0 Å². The van der Waals surface area contributed by atoms with Gasteiger partial charge in [0.15, 0.2) is 5.82 Å². The molecule has 1 heterocycles. The highest BCUT2D eigenvalue weighted by Gasteiger charge is 2.07. The normalized spacial score (nSPS) is 10.8. The molecule has 128 valence electrons. The quantitative estimate of drug-likeness (QED) is 0.523. The summed E-state index contributed by atoms with van der Waals surface area (Å²) in [5.41, 5.74) is 0.957. The van der Waals surface area contributed by atoms with Crippen molar-refractivity contribution >= 4 is 34.3 Å². The van der Waals surface area contributed by atoms with Crippen molar-refractivity contribution in [2.24, 2.45) is 0 Å². The molecular formula is C21H17N3OS. The SMILES string of the molecule is O=C(CSc1ccc2ccccc2c1)Nc1ccn(-c2ccccc2)n1. The third kappa shape index (κ3) is 3.78. The minimum atomic E-state index is -0.0681. The van der Waals surface area contributed by atoms with Gasteiger partial charge in [-0.05, 0) is 35.0 Å². The van der Waals surface area contributed by atoms with Gasteiger partial charge in [0, 0.05) is 17.2 Å². The minimum Gasteiger partial charge on any atom is -0.308 e. The summed E-state index contributed by atoms with van der Waals surface area (Å²) in [5, 5.41) is 9.62. The number of para-hydroxylation sites is 1. The van der Waals surface area contributed by atoms with Gasteiger partial charge < -0.3 is 5.32 Å². The molecule has 0 saturated heterocycles. The molecule has 4 rings (SSSR count). The summed E-state index contributed by atoms with van der Waals surface area (Å²) in [6, 6.07) is 26.0. The summed E-state index contributed by atoms with van der Waals surface area (Å²) in [6.07, 6.45) is 1.83. The Hall–Kier alpha value is -3.05. The van der Waals surface area contributed by atoms with Crippen LogP contribution in [-0.4, -0.2) is 21.4 Å². The summed E-state index contributed by atoms with van der Waals surface area (Å²) in [7, 11) is 0. The van der Waals surface area contributed by atoms with Crippen LogP contribution in [0.25, 0.3) is 16.5 Å². The monoisotopic (exact) mass is 359 g/mol. The van der Waals surface area contributed by atoms with Gasteiger partial charge in [-0.1, -0.05) is 48.5 Å². The van der Waals surface area contributed by atoms with E-state index in [-0.39, 0.29) is 5.91 Å². The van der Waals surface area contributed by atoms with Gasteiger partial charge in [0.05, 0.1) is 11.4 Å². The summed E-state index contributed by atoms with van der Waals surface area (Å²) >= 11 is 1.52. The van der Waals surface area contributed by atoms with E-state index < -0.39 is 0 Å². The molecule has 4 nitrogen and oxygen atoms in total. The van der Waals surface area contributed by atoms with Crippen molar-refractivity contribution in [2.75, 3.05) is 11.1 Å². The second kappa shape index (κ2) is 7.45. The standard InChI is InChI=1S/C21H17N3OS/c25-21(15-26-19-11-10-16-6-4-5-7-17(16)14-19)22-20-12-13-24(23-20)18-8-2-1-3-9-18/h1-14H,15H2,(H,22,23,25). The first kappa shape index (κ1) is 16.4. The third-order valence-corrected chi connectivity index (χ3v) is 4.96. The smallest absolute Gasteiger partial charge is 0.235 e. The van der Waals surface area contributed by atoms with E-state index in [1.54, 1.807) is 10.7 Å². The Morgan fingerprint density at radius 2 is 1.69 bits per heavy atom. The lowest BCUT2D eigenvalue weighted by Gasteiger charge is -2.04. The van der Waals surface area contributed by atoms with Crippen LogP contribution in [0.2, 0.25) is 0 Å². The highest BCUT2D eigenvalue weighted by Crippen LogP contribution is 2.23. The van der Waals surface area contributed by atoms with Crippen LogP contribution in [0.5, 0.6) is 0 Å². The van der Waals surface area contributed by atoms with E-state index in [4.69, 9.17) is 0 Å². The van der Waals surface area contributed by atoms with E-state index in [1.807, 2.05) is 54.7 Å². The van der Waals surface area contributed by atoms with Gasteiger partial charge in [-0.2, -0.15) is 5.10 Å². The Labute approximate surface area is 155 Å². The van der Waals surface area contributed by atoms with Crippen LogP contribution in [0.15, 0.2) is 90.0 Å². The van der Waals surface area contributed by atoms with Gasteiger partial charge in [0.1, 0.15) is 0 Å². The molecule has 1 aromatic heterocycles. The van der Waals surface area contributed by atoms with E-state index in [9.17, 15) is 4.79 Å². The highest BCUT2D eigenvalue weighted by molar-refractivity contribution is 8.00. The average Bonchev–Trinajstić information content (AvgIpc) is 3.15. The van der Waals surface area contributed by atoms with E-state index in [0.29, 0.717) is 11.6 Å². The molecular weight excluding hydrogens is 342 g/mol. The molecule has 3 aromatic carbocycles. The van der Waals surface area contributed by atoms with Gasteiger partial charge in [-0.3, -0.25) is 4.79 Å². The Balaban J connectivity index is 1.37. The predicted molar refractivity (Wildman–Crippen MR) is 107 cm³/mol. The van der Waals surface area contributed by atoms with Crippen molar-refractivity contribution in [3.8, 4) is 5.69 Å². The van der Waals surface area contributed by atoms with Crippen molar-refractivity contribution in [1.29, 1.82) is 0 Å². The Bertz CT molecular complexity index is 1040. The number of fused-ring (bicyclic) bond motifs is 1. The van der Waals surface area contributed by atoms with Gasteiger partial charge in [-0.15, -0.1) is 11.8 Å². The number of nitrogens with zero attached hydrogens (tertiary/aromatic N) is 2. The number of thioether (sulfide) groups is 1. The second-order valence-electron chi connectivity index (χ2n) is 5.83. The number of benzene rings is 3. The molecule has 0 aliphatic heterocycles. The van der Waals surface area contributed by atoms with Crippen molar-refractivity contribution in [3.63, 3.8) is 0 Å². The van der Waals surface area contributed by atoms with Crippen molar-refractivity contribution in [3.05, 3.63) is 85.1 Å². The first-order valence-electron chi connectivity index (χ1n) is 8.30. The van der Waals surface area contributed by atoms with Crippen LogP contribution in [0.4, 0.5) is 5.82 Å². The van der Waals surface area contributed by atoms with E-state index >= 15 is 0 Å². The molecule has 0 radical (unpaired) electrons. The third-order valence-electron chi connectivity index (χ3n) is 3.97. The molecule has 1 amide bonds. The minimum absolute atomic E-state index is 0.0681. The van der Waals surface area contributed by atoms with Crippen LogP contribution >= 0.6 is 11.8 Å². The first-order chi connectivity index (χ1) is 12.8. The Morgan fingerprint density at radius 1 is 0.923 bits per heavy atom. The molecule has 0 bridgehead atoms. The number of anilines is 1. The van der Waals surface area contributed by atoms with E-state index in [0.717, 1.165) is 10.6 Å². The average molecular weight is 359 g/mol. The fourth-order valence-electron chi connectivity index (χ4n) is 2.70. The summed E-state index contributed by atoms with van der Waals surface area (Å²) in [6.45, 7) is 0. The Kier molecular flexibility index (Phi) is 4.71. The van der Waals surface area contributed by atoms with Crippen LogP contribution in [0, 0.1) is 0 Å². The molecule has 0 atom stereocenters. The molecule has 26 heavy (non-hydrogen) atoms. The number of amides is 1. The lowest BCUT2D eigenvalue weighted by atomic mass is 10.1. The summed E-state index contributed by atoms with van der Waals surface area (Å²) < 4.78 is 1.74. The largest absolute Gasteiger partial charge is 0.308 e. The highest BCUT2D eigenvalue weighted by atomic mass is 32.2.